The molecule has 1 N–H and O–H groups in total. The maximum Gasteiger partial charge on any atom is 0.283 e. The van der Waals surface area contributed by atoms with Crippen LogP contribution in [0.3, 0.4) is 0 Å². The van der Waals surface area contributed by atoms with Crippen LogP contribution in [0.5, 0.6) is 5.75 Å². The molecule has 5 rings (SSSR count). The largest absolute Gasteiger partial charge is 0.494 e. The fraction of sp³-hybridized carbons (Fsp3) is 0.560. The molecule has 6 nitrogen and oxygen atoms in total. The normalized spacial score (nSPS) is 25.6. The molecule has 2 aromatic rings. The standard InChI is InChI=1S/C25H32BrN3O3/c1-16-20-12-17(25(20,2)3)13-21(16)28-22-14-27-29(24(31)23(22)26)15-18(30)8-7-11-32-19-9-5-4-6-10-19/h4-6,9-10,14,16-17,20-21,28H,7-8,11-13,15H2,1-3H3/t16-,17+,20-,21-/m1/s1. The van der Waals surface area contributed by atoms with Gasteiger partial charge in [0.2, 0.25) is 0 Å². The first-order chi connectivity index (χ1) is 15.3. The van der Waals surface area contributed by atoms with Crippen molar-refractivity contribution in [2.75, 3.05) is 11.9 Å². The lowest BCUT2D eigenvalue weighted by Crippen LogP contribution is -2.58. The number of hydrogen-bond donors (Lipinski definition) is 1. The van der Waals surface area contributed by atoms with Gasteiger partial charge in [0, 0.05) is 12.5 Å². The number of carbonyl (C=O) groups is 1. The average molecular weight is 502 g/mol. The number of carbonyl (C=O) groups excluding carboxylic acids is 1. The second-order valence-corrected chi connectivity index (χ2v) is 10.6. The number of anilines is 1. The Hall–Kier alpha value is -2.15. The molecule has 0 radical (unpaired) electrons. The topological polar surface area (TPSA) is 73.2 Å². The number of aromatic nitrogens is 2. The van der Waals surface area contributed by atoms with Gasteiger partial charge in [0.15, 0.2) is 5.78 Å². The summed E-state index contributed by atoms with van der Waals surface area (Å²) in [6.07, 6.45) is 5.03. The maximum absolute atomic E-state index is 12.8. The van der Waals surface area contributed by atoms with E-state index in [0.717, 1.165) is 18.1 Å². The van der Waals surface area contributed by atoms with Gasteiger partial charge in [0.25, 0.3) is 5.56 Å². The quantitative estimate of drug-likeness (QED) is 0.493. The molecule has 3 saturated carbocycles. The summed E-state index contributed by atoms with van der Waals surface area (Å²) in [5.41, 5.74) is 0.854. The van der Waals surface area contributed by atoms with E-state index in [1.165, 1.54) is 11.1 Å². The summed E-state index contributed by atoms with van der Waals surface area (Å²) in [4.78, 5) is 25.1. The summed E-state index contributed by atoms with van der Waals surface area (Å²) in [6.45, 7) is 7.50. The van der Waals surface area contributed by atoms with Crippen molar-refractivity contribution in [3.05, 3.63) is 51.4 Å². The number of benzene rings is 1. The lowest BCUT2D eigenvalue weighted by Gasteiger charge is -2.62. The lowest BCUT2D eigenvalue weighted by atomic mass is 9.45. The molecule has 1 aromatic carbocycles. The molecular formula is C25H32BrN3O3. The molecule has 0 aliphatic heterocycles. The van der Waals surface area contributed by atoms with Crippen LogP contribution in [-0.2, 0) is 11.3 Å². The van der Waals surface area contributed by atoms with Crippen molar-refractivity contribution in [2.45, 2.75) is 59.0 Å². The van der Waals surface area contributed by atoms with Crippen molar-refractivity contribution >= 4 is 27.4 Å². The Morgan fingerprint density at radius 1 is 1.28 bits per heavy atom. The minimum Gasteiger partial charge on any atom is -0.494 e. The van der Waals surface area contributed by atoms with E-state index in [4.69, 9.17) is 4.74 Å². The predicted molar refractivity (Wildman–Crippen MR) is 129 cm³/mol. The summed E-state index contributed by atoms with van der Waals surface area (Å²) >= 11 is 3.44. The third-order valence-electron chi connectivity index (χ3n) is 7.62. The van der Waals surface area contributed by atoms with Crippen molar-refractivity contribution < 1.29 is 9.53 Å². The lowest BCUT2D eigenvalue weighted by molar-refractivity contribution is -0.120. The SMILES string of the molecule is C[C@@H]1[C@H]2C[C@@H](C[C@H]1Nc1cnn(CC(=O)CCCOc3ccccc3)c(=O)c1Br)C2(C)C. The van der Waals surface area contributed by atoms with Crippen molar-refractivity contribution in [1.29, 1.82) is 0 Å². The number of rotatable bonds is 9. The van der Waals surface area contributed by atoms with Crippen LogP contribution >= 0.6 is 15.9 Å². The highest BCUT2D eigenvalue weighted by Crippen LogP contribution is 2.61. The summed E-state index contributed by atoms with van der Waals surface area (Å²) in [7, 11) is 0. The molecule has 3 aliphatic carbocycles. The van der Waals surface area contributed by atoms with Gasteiger partial charge < -0.3 is 10.1 Å². The van der Waals surface area contributed by atoms with Gasteiger partial charge in [-0.05, 0) is 70.5 Å². The molecule has 0 saturated heterocycles. The zero-order valence-corrected chi connectivity index (χ0v) is 20.6. The third kappa shape index (κ3) is 4.63. The van der Waals surface area contributed by atoms with E-state index in [1.807, 2.05) is 30.3 Å². The number of fused-ring (bicyclic) bond motifs is 2. The number of ether oxygens (including phenoxy) is 1. The number of ketones is 1. The van der Waals surface area contributed by atoms with Gasteiger partial charge in [-0.3, -0.25) is 9.59 Å². The van der Waals surface area contributed by atoms with Crippen LogP contribution in [0.4, 0.5) is 5.69 Å². The van der Waals surface area contributed by atoms with Crippen LogP contribution in [0, 0.1) is 23.2 Å². The van der Waals surface area contributed by atoms with Crippen LogP contribution in [-0.4, -0.2) is 28.2 Å². The fourth-order valence-electron chi connectivity index (χ4n) is 5.44. The molecule has 2 bridgehead atoms. The first-order valence-corrected chi connectivity index (χ1v) is 12.3. The summed E-state index contributed by atoms with van der Waals surface area (Å²) in [6, 6.07) is 9.86. The minimum absolute atomic E-state index is 0.0266. The van der Waals surface area contributed by atoms with Gasteiger partial charge in [-0.25, -0.2) is 4.68 Å². The molecule has 0 amide bonds. The number of hydrogen-bond acceptors (Lipinski definition) is 5. The molecule has 3 aliphatic rings. The predicted octanol–water partition coefficient (Wildman–Crippen LogP) is 4.92. The van der Waals surface area contributed by atoms with E-state index >= 15 is 0 Å². The van der Waals surface area contributed by atoms with Crippen LogP contribution in [0.2, 0.25) is 0 Å². The third-order valence-corrected chi connectivity index (χ3v) is 8.38. The highest BCUT2D eigenvalue weighted by atomic mass is 79.9. The zero-order chi connectivity index (χ0) is 22.9. The van der Waals surface area contributed by atoms with Crippen LogP contribution in [0.15, 0.2) is 45.8 Å². The Morgan fingerprint density at radius 2 is 2.03 bits per heavy atom. The van der Waals surface area contributed by atoms with E-state index in [9.17, 15) is 9.59 Å². The monoisotopic (exact) mass is 501 g/mol. The van der Waals surface area contributed by atoms with Crippen LogP contribution in [0.1, 0.15) is 46.5 Å². The zero-order valence-electron chi connectivity index (χ0n) is 19.0. The van der Waals surface area contributed by atoms with Gasteiger partial charge >= 0.3 is 0 Å². The number of halogens is 1. The Morgan fingerprint density at radius 3 is 2.72 bits per heavy atom. The molecule has 7 heteroatoms. The second kappa shape index (κ2) is 9.38. The molecule has 3 fully saturated rings. The Balaban J connectivity index is 1.30. The number of Topliss-reactive ketones (excluding diaryl/α,β-unsaturated/α-hetero) is 1. The average Bonchev–Trinajstić information content (AvgIpc) is 2.78. The highest BCUT2D eigenvalue weighted by molar-refractivity contribution is 9.10. The Labute approximate surface area is 197 Å². The van der Waals surface area contributed by atoms with Crippen molar-refractivity contribution in [1.82, 2.24) is 9.78 Å². The van der Waals surface area contributed by atoms with E-state index < -0.39 is 0 Å². The number of nitrogens with one attached hydrogen (secondary N) is 1. The summed E-state index contributed by atoms with van der Waals surface area (Å²) in [5, 5.41) is 7.82. The molecule has 32 heavy (non-hydrogen) atoms. The first-order valence-electron chi connectivity index (χ1n) is 11.5. The van der Waals surface area contributed by atoms with Gasteiger partial charge in [0.05, 0.1) is 18.5 Å². The van der Waals surface area contributed by atoms with Gasteiger partial charge in [0.1, 0.15) is 16.8 Å². The molecular weight excluding hydrogens is 470 g/mol. The molecule has 0 spiro atoms. The molecule has 4 atom stereocenters. The molecule has 0 unspecified atom stereocenters. The van der Waals surface area contributed by atoms with Crippen LogP contribution < -0.4 is 15.6 Å². The van der Waals surface area contributed by atoms with Crippen molar-refractivity contribution in [3.8, 4) is 5.75 Å². The Bertz CT molecular complexity index is 1020. The van der Waals surface area contributed by atoms with Crippen molar-refractivity contribution in [2.24, 2.45) is 23.2 Å². The number of nitrogens with zero attached hydrogens (tertiary/aromatic N) is 2. The maximum atomic E-state index is 12.8. The van der Waals surface area contributed by atoms with Gasteiger partial charge in [-0.2, -0.15) is 5.10 Å². The van der Waals surface area contributed by atoms with Gasteiger partial charge in [-0.15, -0.1) is 0 Å². The van der Waals surface area contributed by atoms with E-state index in [0.29, 0.717) is 52.9 Å². The van der Waals surface area contributed by atoms with E-state index in [2.05, 4.69) is 47.1 Å². The second-order valence-electron chi connectivity index (χ2n) is 9.84. The van der Waals surface area contributed by atoms with Crippen molar-refractivity contribution in [3.63, 3.8) is 0 Å². The van der Waals surface area contributed by atoms with E-state index in [-0.39, 0.29) is 17.9 Å². The highest BCUT2D eigenvalue weighted by Gasteiger charge is 2.56. The van der Waals surface area contributed by atoms with Gasteiger partial charge in [-0.1, -0.05) is 39.0 Å². The Kier molecular flexibility index (Phi) is 6.75. The minimum atomic E-state index is -0.280. The van der Waals surface area contributed by atoms with E-state index in [1.54, 1.807) is 6.20 Å². The molecule has 1 heterocycles. The van der Waals surface area contributed by atoms with Crippen LogP contribution in [0.25, 0.3) is 0 Å². The summed E-state index contributed by atoms with van der Waals surface area (Å²) < 4.78 is 7.30. The first kappa shape index (κ1) is 23.0. The molecule has 172 valence electrons. The fourth-order valence-corrected chi connectivity index (χ4v) is 5.86. The molecule has 1 aromatic heterocycles. The number of para-hydroxylation sites is 1. The summed E-state index contributed by atoms with van der Waals surface area (Å²) in [5.74, 6) is 2.75. The smallest absolute Gasteiger partial charge is 0.283 e.